The Kier molecular flexibility index (Phi) is 5.84. The van der Waals surface area contributed by atoms with Crippen molar-refractivity contribution in [3.8, 4) is 17.2 Å². The van der Waals surface area contributed by atoms with E-state index in [0.717, 1.165) is 46.9 Å². The predicted octanol–water partition coefficient (Wildman–Crippen LogP) is 6.54. The van der Waals surface area contributed by atoms with Gasteiger partial charge >= 0.3 is 0 Å². The second-order valence-electron chi connectivity index (χ2n) is 7.83. The maximum atomic E-state index is 5.87. The molecule has 0 fully saturated rings. The van der Waals surface area contributed by atoms with Crippen molar-refractivity contribution in [2.24, 2.45) is 0 Å². The fourth-order valence-electron chi connectivity index (χ4n) is 4.20. The number of para-hydroxylation sites is 2. The summed E-state index contributed by atoms with van der Waals surface area (Å²) >= 11 is 0. The highest BCUT2D eigenvalue weighted by Gasteiger charge is 2.18. The molecule has 0 saturated heterocycles. The van der Waals surface area contributed by atoms with Crippen molar-refractivity contribution in [2.45, 2.75) is 19.8 Å². The number of hydrogen-bond donors (Lipinski definition) is 0. The maximum Gasteiger partial charge on any atom is 0.126 e. The van der Waals surface area contributed by atoms with E-state index in [9.17, 15) is 0 Å². The van der Waals surface area contributed by atoms with E-state index in [1.807, 2.05) is 43.3 Å². The van der Waals surface area contributed by atoms with E-state index in [0.29, 0.717) is 19.8 Å². The van der Waals surface area contributed by atoms with E-state index in [-0.39, 0.29) is 0 Å². The molecule has 0 atom stereocenters. The van der Waals surface area contributed by atoms with Crippen LogP contribution in [-0.4, -0.2) is 19.8 Å². The second kappa shape index (κ2) is 9.23. The molecule has 4 heteroatoms. The lowest BCUT2D eigenvalue weighted by molar-refractivity contribution is 0.316. The number of rotatable bonds is 5. The Morgan fingerprint density at radius 3 is 1.81 bits per heavy atom. The third kappa shape index (κ3) is 4.22. The van der Waals surface area contributed by atoms with Crippen LogP contribution in [0.4, 0.5) is 5.69 Å². The van der Waals surface area contributed by atoms with Crippen LogP contribution in [0.2, 0.25) is 0 Å². The molecule has 4 nitrogen and oxygen atoms in total. The highest BCUT2D eigenvalue weighted by atomic mass is 16.5. The maximum absolute atomic E-state index is 5.87. The molecule has 2 heterocycles. The molecule has 0 saturated carbocycles. The van der Waals surface area contributed by atoms with Gasteiger partial charge in [-0.2, -0.15) is 0 Å². The fraction of sp³-hybridized carbons (Fsp3) is 0.214. The molecule has 5 rings (SSSR count). The third-order valence-corrected chi connectivity index (χ3v) is 5.76. The number of nitrogens with zero attached hydrogens (tertiary/aromatic N) is 1. The first-order chi connectivity index (χ1) is 15.8. The van der Waals surface area contributed by atoms with Gasteiger partial charge in [-0.15, -0.1) is 0 Å². The molecule has 3 aromatic rings. The summed E-state index contributed by atoms with van der Waals surface area (Å²) in [6.45, 7) is 4.03. The van der Waals surface area contributed by atoms with Crippen molar-refractivity contribution in [2.75, 3.05) is 24.7 Å². The van der Waals surface area contributed by atoms with Crippen LogP contribution in [-0.2, 0) is 0 Å². The van der Waals surface area contributed by atoms with Crippen molar-refractivity contribution >= 4 is 16.8 Å². The molecule has 0 aliphatic carbocycles. The summed E-state index contributed by atoms with van der Waals surface area (Å²) in [5.41, 5.74) is 5.91. The van der Waals surface area contributed by atoms with Gasteiger partial charge in [0, 0.05) is 42.1 Å². The molecule has 32 heavy (non-hydrogen) atoms. The van der Waals surface area contributed by atoms with Gasteiger partial charge in [-0.3, -0.25) is 0 Å². The Bertz CT molecular complexity index is 1080. The first-order valence-electron chi connectivity index (χ1n) is 11.2. The molecule has 2 aliphatic heterocycles. The normalized spacial score (nSPS) is 17.2. The molecule has 2 aliphatic rings. The van der Waals surface area contributed by atoms with Gasteiger partial charge in [0.15, 0.2) is 0 Å². The summed E-state index contributed by atoms with van der Waals surface area (Å²) in [5, 5.41) is 0. The van der Waals surface area contributed by atoms with Crippen LogP contribution in [0.15, 0.2) is 85.2 Å². The first kappa shape index (κ1) is 20.3. The zero-order valence-electron chi connectivity index (χ0n) is 18.3. The molecule has 0 N–H and O–H groups in total. The SMILES string of the molecule is CCOc1ccc(N(/C=C2\CCOc3ccccc32)/C=C2\CCOc3ccccc32)cc1. The Labute approximate surface area is 189 Å². The lowest BCUT2D eigenvalue weighted by Gasteiger charge is -2.26. The number of benzene rings is 3. The molecule has 0 radical (unpaired) electrons. The van der Waals surface area contributed by atoms with Gasteiger partial charge in [0.1, 0.15) is 17.2 Å². The number of ether oxygens (including phenoxy) is 3. The van der Waals surface area contributed by atoms with Crippen molar-refractivity contribution < 1.29 is 14.2 Å². The van der Waals surface area contributed by atoms with Gasteiger partial charge in [0.05, 0.1) is 19.8 Å². The lowest BCUT2D eigenvalue weighted by Crippen LogP contribution is -2.15. The quantitative estimate of drug-likeness (QED) is 0.464. The average molecular weight is 426 g/mol. The zero-order chi connectivity index (χ0) is 21.8. The summed E-state index contributed by atoms with van der Waals surface area (Å²) in [5.74, 6) is 2.77. The Morgan fingerprint density at radius 1 is 0.750 bits per heavy atom. The van der Waals surface area contributed by atoms with Crippen LogP contribution < -0.4 is 19.1 Å². The molecule has 0 aromatic heterocycles. The van der Waals surface area contributed by atoms with Crippen LogP contribution in [0.3, 0.4) is 0 Å². The first-order valence-corrected chi connectivity index (χ1v) is 11.2. The number of fused-ring (bicyclic) bond motifs is 2. The molecule has 0 bridgehead atoms. The van der Waals surface area contributed by atoms with Gasteiger partial charge in [-0.1, -0.05) is 36.4 Å². The van der Waals surface area contributed by atoms with Crippen molar-refractivity contribution in [3.05, 3.63) is 96.3 Å². The van der Waals surface area contributed by atoms with E-state index < -0.39 is 0 Å². The minimum Gasteiger partial charge on any atom is -0.494 e. The summed E-state index contributed by atoms with van der Waals surface area (Å²) in [6, 6.07) is 24.8. The Balaban J connectivity index is 1.58. The van der Waals surface area contributed by atoms with Gasteiger partial charge in [-0.25, -0.2) is 0 Å². The molecule has 0 spiro atoms. The van der Waals surface area contributed by atoms with E-state index in [1.165, 1.54) is 11.1 Å². The number of hydrogen-bond acceptors (Lipinski definition) is 4. The average Bonchev–Trinajstić information content (AvgIpc) is 2.85. The Hall–Kier alpha value is -3.66. The summed E-state index contributed by atoms with van der Waals surface area (Å²) < 4.78 is 17.4. The monoisotopic (exact) mass is 425 g/mol. The minimum atomic E-state index is 0.657. The molecule has 3 aromatic carbocycles. The van der Waals surface area contributed by atoms with Crippen LogP contribution in [0, 0.1) is 0 Å². The largest absolute Gasteiger partial charge is 0.494 e. The highest BCUT2D eigenvalue weighted by molar-refractivity contribution is 5.79. The van der Waals surface area contributed by atoms with E-state index >= 15 is 0 Å². The smallest absolute Gasteiger partial charge is 0.126 e. The van der Waals surface area contributed by atoms with Crippen LogP contribution >= 0.6 is 0 Å². The van der Waals surface area contributed by atoms with Crippen LogP contribution in [0.5, 0.6) is 17.2 Å². The standard InChI is InChI=1S/C28H27NO3/c1-2-30-24-13-11-23(12-14-24)29(19-21-15-17-31-27-9-5-3-7-25(21)27)20-22-16-18-32-28-10-6-4-8-26(22)28/h3-14,19-20H,2,15-18H2,1H3/b21-19+,22-20+. The van der Waals surface area contributed by atoms with Gasteiger partial charge in [0.2, 0.25) is 0 Å². The fourth-order valence-corrected chi connectivity index (χ4v) is 4.20. The number of anilines is 1. The zero-order valence-corrected chi connectivity index (χ0v) is 18.3. The topological polar surface area (TPSA) is 30.9 Å². The highest BCUT2D eigenvalue weighted by Crippen LogP contribution is 2.36. The lowest BCUT2D eigenvalue weighted by atomic mass is 9.99. The summed E-state index contributed by atoms with van der Waals surface area (Å²) in [6.07, 6.45) is 6.21. The predicted molar refractivity (Wildman–Crippen MR) is 129 cm³/mol. The van der Waals surface area contributed by atoms with Gasteiger partial charge < -0.3 is 19.1 Å². The van der Waals surface area contributed by atoms with Crippen LogP contribution in [0.25, 0.3) is 11.1 Å². The minimum absolute atomic E-state index is 0.657. The third-order valence-electron chi connectivity index (χ3n) is 5.76. The van der Waals surface area contributed by atoms with E-state index in [1.54, 1.807) is 0 Å². The van der Waals surface area contributed by atoms with Crippen molar-refractivity contribution in [1.29, 1.82) is 0 Å². The molecular formula is C28H27NO3. The Morgan fingerprint density at radius 2 is 1.28 bits per heavy atom. The van der Waals surface area contributed by atoms with Crippen molar-refractivity contribution in [1.82, 2.24) is 0 Å². The molecular weight excluding hydrogens is 398 g/mol. The summed E-state index contributed by atoms with van der Waals surface area (Å²) in [4.78, 5) is 2.23. The van der Waals surface area contributed by atoms with E-state index in [2.05, 4.69) is 53.7 Å². The summed E-state index contributed by atoms with van der Waals surface area (Å²) in [7, 11) is 0. The second-order valence-corrected chi connectivity index (χ2v) is 7.83. The van der Waals surface area contributed by atoms with Crippen molar-refractivity contribution in [3.63, 3.8) is 0 Å². The van der Waals surface area contributed by atoms with Gasteiger partial charge in [-0.05, 0) is 54.5 Å². The molecule has 0 amide bonds. The molecule has 0 unspecified atom stereocenters. The van der Waals surface area contributed by atoms with Gasteiger partial charge in [0.25, 0.3) is 0 Å². The molecule has 162 valence electrons. The van der Waals surface area contributed by atoms with E-state index in [4.69, 9.17) is 14.2 Å². The van der Waals surface area contributed by atoms with Crippen LogP contribution in [0.1, 0.15) is 30.9 Å².